The van der Waals surface area contributed by atoms with Crippen LogP contribution in [0.2, 0.25) is 0 Å². The van der Waals surface area contributed by atoms with Gasteiger partial charge in [0.1, 0.15) is 17.5 Å². The van der Waals surface area contributed by atoms with E-state index >= 15 is 0 Å². The SMILES string of the molecule is CC1(C)Oc2ccc(S(=O)(=O)C(F)(F)F)cc2[C@@H](n2cnccc2=O)[C@@H]1O. The number of hydrogen-bond donors (Lipinski definition) is 1. The maximum absolute atomic E-state index is 12.9. The number of halogens is 3. The molecule has 0 bridgehead atoms. The van der Waals surface area contributed by atoms with Gasteiger partial charge in [-0.25, -0.2) is 13.4 Å². The van der Waals surface area contributed by atoms with Gasteiger partial charge in [0.2, 0.25) is 0 Å². The van der Waals surface area contributed by atoms with Crippen molar-refractivity contribution in [1.29, 1.82) is 0 Å². The lowest BCUT2D eigenvalue weighted by Crippen LogP contribution is -2.52. The summed E-state index contributed by atoms with van der Waals surface area (Å²) < 4.78 is 68.8. The van der Waals surface area contributed by atoms with Gasteiger partial charge in [0.15, 0.2) is 0 Å². The molecule has 2 atom stereocenters. The first kappa shape index (κ1) is 19.4. The molecule has 1 aliphatic heterocycles. The lowest BCUT2D eigenvalue weighted by molar-refractivity contribution is -0.0646. The molecule has 0 radical (unpaired) electrons. The van der Waals surface area contributed by atoms with Crippen molar-refractivity contribution in [2.45, 2.75) is 42.0 Å². The summed E-state index contributed by atoms with van der Waals surface area (Å²) in [4.78, 5) is 15.0. The lowest BCUT2D eigenvalue weighted by Gasteiger charge is -2.42. The van der Waals surface area contributed by atoms with Crippen LogP contribution >= 0.6 is 0 Å². The average Bonchev–Trinajstić information content (AvgIpc) is 2.55. The normalized spacial score (nSPS) is 22.0. The van der Waals surface area contributed by atoms with Crippen molar-refractivity contribution in [1.82, 2.24) is 9.55 Å². The Hall–Kier alpha value is -2.40. The summed E-state index contributed by atoms with van der Waals surface area (Å²) in [5, 5.41) is 10.7. The highest BCUT2D eigenvalue weighted by Crippen LogP contribution is 2.43. The molecule has 0 saturated carbocycles. The topological polar surface area (TPSA) is 98.5 Å². The zero-order valence-electron chi connectivity index (χ0n) is 14.1. The van der Waals surface area contributed by atoms with Crippen LogP contribution in [0.1, 0.15) is 25.5 Å². The second-order valence-corrected chi connectivity index (χ2v) is 8.51. The van der Waals surface area contributed by atoms with Crippen molar-refractivity contribution in [3.8, 4) is 5.75 Å². The number of nitrogens with zero attached hydrogens (tertiary/aromatic N) is 2. The van der Waals surface area contributed by atoms with Gasteiger partial charge >= 0.3 is 5.51 Å². The molecule has 0 fully saturated rings. The molecule has 0 unspecified atom stereocenters. The largest absolute Gasteiger partial charge is 0.501 e. The van der Waals surface area contributed by atoms with Gasteiger partial charge in [-0.15, -0.1) is 0 Å². The molecule has 7 nitrogen and oxygen atoms in total. The molecule has 1 aromatic heterocycles. The summed E-state index contributed by atoms with van der Waals surface area (Å²) in [6, 6.07) is 2.55. The summed E-state index contributed by atoms with van der Waals surface area (Å²) in [7, 11) is -5.61. The van der Waals surface area contributed by atoms with Crippen LogP contribution in [0.25, 0.3) is 0 Å². The fourth-order valence-electron chi connectivity index (χ4n) is 2.92. The first-order valence-electron chi connectivity index (χ1n) is 7.71. The molecular weight excluding hydrogens is 389 g/mol. The van der Waals surface area contributed by atoms with Crippen molar-refractivity contribution >= 4 is 9.84 Å². The van der Waals surface area contributed by atoms with E-state index in [1.165, 1.54) is 20.0 Å². The molecule has 1 N–H and O–H groups in total. The quantitative estimate of drug-likeness (QED) is 0.818. The van der Waals surface area contributed by atoms with E-state index in [4.69, 9.17) is 4.74 Å². The second-order valence-electron chi connectivity index (χ2n) is 6.57. The van der Waals surface area contributed by atoms with E-state index in [0.29, 0.717) is 0 Å². The van der Waals surface area contributed by atoms with Gasteiger partial charge in [-0.1, -0.05) is 0 Å². The van der Waals surface area contributed by atoms with Crippen molar-refractivity contribution in [2.75, 3.05) is 0 Å². The minimum Gasteiger partial charge on any atom is -0.485 e. The number of alkyl halides is 3. The Kier molecular flexibility index (Phi) is 4.35. The summed E-state index contributed by atoms with van der Waals surface area (Å²) >= 11 is 0. The van der Waals surface area contributed by atoms with Crippen molar-refractivity contribution in [3.05, 3.63) is 52.7 Å². The number of hydrogen-bond acceptors (Lipinski definition) is 6. The predicted octanol–water partition coefficient (Wildman–Crippen LogP) is 1.66. The van der Waals surface area contributed by atoms with Crippen LogP contribution in [0.4, 0.5) is 13.2 Å². The van der Waals surface area contributed by atoms with E-state index in [-0.39, 0.29) is 11.3 Å². The summed E-state index contributed by atoms with van der Waals surface area (Å²) in [6.45, 7) is 3.07. The third-order valence-electron chi connectivity index (χ3n) is 4.35. The molecule has 1 aromatic carbocycles. The Morgan fingerprint density at radius 2 is 1.93 bits per heavy atom. The Morgan fingerprint density at radius 3 is 2.52 bits per heavy atom. The van der Waals surface area contributed by atoms with Crippen molar-refractivity contribution < 1.29 is 31.4 Å². The number of rotatable bonds is 2. The Morgan fingerprint density at radius 1 is 1.26 bits per heavy atom. The van der Waals surface area contributed by atoms with E-state index < -0.39 is 43.5 Å². The molecular formula is C16H15F3N2O5S. The zero-order valence-corrected chi connectivity index (χ0v) is 15.0. The Labute approximate surface area is 152 Å². The van der Waals surface area contributed by atoms with Gasteiger partial charge in [0, 0.05) is 17.8 Å². The maximum atomic E-state index is 12.9. The third kappa shape index (κ3) is 3.10. The predicted molar refractivity (Wildman–Crippen MR) is 87.0 cm³/mol. The molecule has 0 amide bonds. The molecule has 11 heteroatoms. The highest BCUT2D eigenvalue weighted by atomic mass is 32.2. The number of aliphatic hydroxyl groups is 1. The highest BCUT2D eigenvalue weighted by molar-refractivity contribution is 7.92. The van der Waals surface area contributed by atoms with Gasteiger partial charge in [-0.05, 0) is 32.0 Å². The molecule has 2 aromatic rings. The second kappa shape index (κ2) is 6.06. The maximum Gasteiger partial charge on any atom is 0.501 e. The summed E-state index contributed by atoms with van der Waals surface area (Å²) in [5.41, 5.74) is -7.32. The van der Waals surface area contributed by atoms with E-state index in [1.54, 1.807) is 0 Å². The summed E-state index contributed by atoms with van der Waals surface area (Å²) in [5.74, 6) is 0.0622. The van der Waals surface area contributed by atoms with Crippen LogP contribution < -0.4 is 10.3 Å². The number of ether oxygens (including phenoxy) is 1. The van der Waals surface area contributed by atoms with Crippen LogP contribution in [0.3, 0.4) is 0 Å². The highest BCUT2D eigenvalue weighted by Gasteiger charge is 2.49. The molecule has 0 spiro atoms. The van der Waals surface area contributed by atoms with Gasteiger partial charge in [-0.3, -0.25) is 9.36 Å². The van der Waals surface area contributed by atoms with Gasteiger partial charge in [0.25, 0.3) is 15.4 Å². The van der Waals surface area contributed by atoms with Crippen molar-refractivity contribution in [3.63, 3.8) is 0 Å². The molecule has 146 valence electrons. The minimum atomic E-state index is -5.61. The standard InChI is InChI=1S/C16H15F3N2O5S/c1-15(2)14(23)13(21-8-20-6-5-12(21)22)10-7-9(3-4-11(10)26-15)27(24,25)16(17,18)19/h3-8,13-14,23H,1-2H3/t13-,14+/m1/s1. The van der Waals surface area contributed by atoms with Crippen LogP contribution in [-0.4, -0.2) is 40.3 Å². The van der Waals surface area contributed by atoms with Crippen LogP contribution in [0.15, 0.2) is 46.5 Å². The fraction of sp³-hybridized carbons (Fsp3) is 0.375. The number of fused-ring (bicyclic) bond motifs is 1. The van der Waals surface area contributed by atoms with Crippen molar-refractivity contribution in [2.24, 2.45) is 0 Å². The number of benzene rings is 1. The lowest BCUT2D eigenvalue weighted by atomic mass is 9.86. The number of sulfone groups is 1. The number of aromatic nitrogens is 2. The Bertz CT molecular complexity index is 1050. The third-order valence-corrected chi connectivity index (χ3v) is 5.83. The van der Waals surface area contributed by atoms with Gasteiger partial charge in [-0.2, -0.15) is 13.2 Å². The van der Waals surface area contributed by atoms with E-state index in [0.717, 1.165) is 35.2 Å². The molecule has 2 heterocycles. The molecule has 1 aliphatic rings. The van der Waals surface area contributed by atoms with Crippen LogP contribution in [-0.2, 0) is 9.84 Å². The van der Waals surface area contributed by atoms with Crippen LogP contribution in [0.5, 0.6) is 5.75 Å². The fourth-order valence-corrected chi connectivity index (χ4v) is 3.71. The van der Waals surface area contributed by atoms with E-state index in [1.807, 2.05) is 0 Å². The van der Waals surface area contributed by atoms with E-state index in [2.05, 4.69) is 4.98 Å². The monoisotopic (exact) mass is 404 g/mol. The molecule has 0 saturated heterocycles. The van der Waals surface area contributed by atoms with Gasteiger partial charge in [0.05, 0.1) is 17.3 Å². The Balaban J connectivity index is 2.27. The van der Waals surface area contributed by atoms with Crippen LogP contribution in [0, 0.1) is 0 Å². The first-order chi connectivity index (χ1) is 12.4. The first-order valence-corrected chi connectivity index (χ1v) is 9.19. The average molecular weight is 404 g/mol. The van der Waals surface area contributed by atoms with E-state index in [9.17, 15) is 31.5 Å². The molecule has 27 heavy (non-hydrogen) atoms. The molecule has 0 aliphatic carbocycles. The smallest absolute Gasteiger partial charge is 0.485 e. The minimum absolute atomic E-state index is 0.0622. The summed E-state index contributed by atoms with van der Waals surface area (Å²) in [6.07, 6.45) is 0.976. The molecule has 3 rings (SSSR count). The number of aliphatic hydroxyl groups excluding tert-OH is 1. The zero-order chi connectivity index (χ0) is 20.2. The van der Waals surface area contributed by atoms with Gasteiger partial charge < -0.3 is 9.84 Å².